The molecular weight excluding hydrogens is 915 g/mol. The van der Waals surface area contributed by atoms with Gasteiger partial charge < -0.3 is 4.90 Å². The highest BCUT2D eigenvalue weighted by Crippen LogP contribution is 2.61. The third-order valence-electron chi connectivity index (χ3n) is 17.7. The average Bonchev–Trinajstić information content (AvgIpc) is 4.20. The number of hydrogen-bond donors (Lipinski definition) is 0. The normalized spacial score (nSPS) is 15.0. The minimum Gasteiger partial charge on any atom is -0.309 e. The molecule has 0 amide bonds. The molecule has 13 rings (SSSR count). The summed E-state index contributed by atoms with van der Waals surface area (Å²) in [5, 5.41) is 0. The number of para-hydroxylation sites is 1. The average molecular weight is 982 g/mol. The second kappa shape index (κ2) is 17.0. The van der Waals surface area contributed by atoms with Gasteiger partial charge in [-0.25, -0.2) is 0 Å². The fraction of sp³-hybridized carbons (Fsp3) is 0.200. The van der Waals surface area contributed by atoms with E-state index in [1.807, 2.05) is 0 Å². The molecule has 0 fully saturated rings. The molecular formula is C75H67N. The Hall–Kier alpha value is -8.00. The highest BCUT2D eigenvalue weighted by Gasteiger charge is 2.48. The van der Waals surface area contributed by atoms with Gasteiger partial charge in [0, 0.05) is 27.6 Å². The molecule has 0 unspecified atom stereocenters. The van der Waals surface area contributed by atoms with Crippen LogP contribution in [0.3, 0.4) is 0 Å². The number of anilines is 3. The van der Waals surface area contributed by atoms with Crippen molar-refractivity contribution in [1.29, 1.82) is 0 Å². The molecule has 0 heterocycles. The van der Waals surface area contributed by atoms with Crippen LogP contribution in [0.25, 0.3) is 55.6 Å². The summed E-state index contributed by atoms with van der Waals surface area (Å²) in [6, 6.07) is 86.0. The monoisotopic (exact) mass is 982 g/mol. The lowest BCUT2D eigenvalue weighted by atomic mass is 9.67. The molecule has 0 atom stereocenters. The summed E-state index contributed by atoms with van der Waals surface area (Å²) in [6.07, 6.45) is 0. The Labute approximate surface area is 451 Å². The number of benzene rings is 10. The third-order valence-corrected chi connectivity index (χ3v) is 17.7. The van der Waals surface area contributed by atoms with Crippen LogP contribution in [0.2, 0.25) is 0 Å². The van der Waals surface area contributed by atoms with Gasteiger partial charge in [0.25, 0.3) is 0 Å². The lowest BCUT2D eigenvalue weighted by molar-refractivity contribution is 0.588. The van der Waals surface area contributed by atoms with Crippen molar-refractivity contribution in [1.82, 2.24) is 0 Å². The summed E-state index contributed by atoms with van der Waals surface area (Å²) in [5.41, 5.74) is 28.6. The van der Waals surface area contributed by atoms with Crippen LogP contribution < -0.4 is 4.90 Å². The van der Waals surface area contributed by atoms with Crippen molar-refractivity contribution in [2.24, 2.45) is 0 Å². The van der Waals surface area contributed by atoms with E-state index in [-0.39, 0.29) is 21.7 Å². The van der Waals surface area contributed by atoms with Crippen molar-refractivity contribution in [3.63, 3.8) is 0 Å². The van der Waals surface area contributed by atoms with Gasteiger partial charge in [0.15, 0.2) is 0 Å². The molecule has 0 saturated carbocycles. The number of nitrogens with zero attached hydrogens (tertiary/aromatic N) is 1. The maximum Gasteiger partial charge on any atom is 0.0714 e. The standard InChI is InChI=1S/C75H67N/c1-71(2,3)50-36-40-52(41-37-50)75(53-42-38-51(39-43-53)72(4,5)6)64-29-17-13-24-61(64)69-65(75)30-20-32-68(69)76(54-44-33-48(34-45-54)56-25-19-26-60-58-23-12-16-28-63(58)74(9,10)70(56)60)67-31-18-14-21-55(67)49-35-46-59-57-22-11-15-27-62(57)73(7,8)66(59)47-49/h11-47H,1-10H3. The predicted octanol–water partition coefficient (Wildman–Crippen LogP) is 20.1. The van der Waals surface area contributed by atoms with Gasteiger partial charge >= 0.3 is 0 Å². The Morgan fingerprint density at radius 3 is 1.38 bits per heavy atom. The molecule has 0 N–H and O–H groups in total. The van der Waals surface area contributed by atoms with E-state index in [0.29, 0.717) is 0 Å². The molecule has 0 spiro atoms. The van der Waals surface area contributed by atoms with Crippen LogP contribution >= 0.6 is 0 Å². The van der Waals surface area contributed by atoms with Crippen LogP contribution in [-0.2, 0) is 27.1 Å². The van der Waals surface area contributed by atoms with Gasteiger partial charge in [0.2, 0.25) is 0 Å². The van der Waals surface area contributed by atoms with Crippen LogP contribution in [0.15, 0.2) is 224 Å². The molecule has 76 heavy (non-hydrogen) atoms. The van der Waals surface area contributed by atoms with E-state index in [2.05, 4.69) is 299 Å². The van der Waals surface area contributed by atoms with Gasteiger partial charge in [0.1, 0.15) is 0 Å². The fourth-order valence-electron chi connectivity index (χ4n) is 13.8. The maximum absolute atomic E-state index is 2.57. The quantitative estimate of drug-likeness (QED) is 0.154. The number of fused-ring (bicyclic) bond motifs is 9. The van der Waals surface area contributed by atoms with Crippen LogP contribution in [0, 0.1) is 0 Å². The Morgan fingerprint density at radius 1 is 0.316 bits per heavy atom. The summed E-state index contributed by atoms with van der Waals surface area (Å²) < 4.78 is 0. The number of hydrogen-bond acceptors (Lipinski definition) is 1. The molecule has 3 aliphatic rings. The molecule has 1 nitrogen and oxygen atoms in total. The Kier molecular flexibility index (Phi) is 10.7. The van der Waals surface area contributed by atoms with Gasteiger partial charge in [-0.3, -0.25) is 0 Å². The molecule has 0 aromatic heterocycles. The second-order valence-electron chi connectivity index (χ2n) is 24.9. The first-order valence-electron chi connectivity index (χ1n) is 27.4. The molecule has 0 aliphatic heterocycles. The topological polar surface area (TPSA) is 3.24 Å². The summed E-state index contributed by atoms with van der Waals surface area (Å²) in [7, 11) is 0. The van der Waals surface area contributed by atoms with E-state index < -0.39 is 5.41 Å². The largest absolute Gasteiger partial charge is 0.309 e. The first-order valence-corrected chi connectivity index (χ1v) is 27.4. The molecule has 10 aromatic carbocycles. The van der Waals surface area contributed by atoms with Gasteiger partial charge in [-0.2, -0.15) is 0 Å². The summed E-state index contributed by atoms with van der Waals surface area (Å²) in [6.45, 7) is 23.4. The molecule has 372 valence electrons. The van der Waals surface area contributed by atoms with Gasteiger partial charge in [-0.05, 0) is 141 Å². The minimum absolute atomic E-state index is 0.0163. The van der Waals surface area contributed by atoms with E-state index in [4.69, 9.17) is 0 Å². The van der Waals surface area contributed by atoms with E-state index in [1.54, 1.807) is 0 Å². The minimum atomic E-state index is -0.595. The maximum atomic E-state index is 2.57. The SMILES string of the molecule is CC(C)(C)c1ccc(C2(c3ccc(C(C)(C)C)cc3)c3ccccc3-c3c(N(c4ccc(-c5cccc6c5C(C)(C)c5ccccc5-6)cc4)c4ccccc4-c4ccc5c(c4)C(C)(C)c4ccccc4-5)cccc32)cc1. The van der Waals surface area contributed by atoms with Crippen LogP contribution in [0.5, 0.6) is 0 Å². The van der Waals surface area contributed by atoms with Gasteiger partial charge in [-0.1, -0.05) is 263 Å². The summed E-state index contributed by atoms with van der Waals surface area (Å²) in [5.74, 6) is 0. The first kappa shape index (κ1) is 47.7. The lowest BCUT2D eigenvalue weighted by Gasteiger charge is -2.35. The Balaban J connectivity index is 1.05. The fourth-order valence-corrected chi connectivity index (χ4v) is 13.8. The first-order chi connectivity index (χ1) is 36.5. The van der Waals surface area contributed by atoms with E-state index in [0.717, 1.165) is 17.1 Å². The number of rotatable bonds is 7. The Morgan fingerprint density at radius 2 is 0.763 bits per heavy atom. The molecule has 0 saturated heterocycles. The summed E-state index contributed by atoms with van der Waals surface area (Å²) >= 11 is 0. The Bertz CT molecular complexity index is 3870. The van der Waals surface area contributed by atoms with E-state index in [9.17, 15) is 0 Å². The van der Waals surface area contributed by atoms with Crippen LogP contribution in [0.4, 0.5) is 17.1 Å². The molecule has 1 heteroatoms. The lowest BCUT2D eigenvalue weighted by Crippen LogP contribution is -2.29. The third kappa shape index (κ3) is 7.04. The van der Waals surface area contributed by atoms with Crippen molar-refractivity contribution in [3.8, 4) is 55.6 Å². The highest BCUT2D eigenvalue weighted by molar-refractivity contribution is 6.00. The molecule has 0 radical (unpaired) electrons. The van der Waals surface area contributed by atoms with Crippen LogP contribution in [-0.4, -0.2) is 0 Å². The van der Waals surface area contributed by atoms with Crippen molar-refractivity contribution in [3.05, 3.63) is 280 Å². The zero-order chi connectivity index (χ0) is 52.5. The zero-order valence-corrected chi connectivity index (χ0v) is 45.8. The summed E-state index contributed by atoms with van der Waals surface area (Å²) in [4.78, 5) is 2.57. The van der Waals surface area contributed by atoms with Crippen molar-refractivity contribution >= 4 is 17.1 Å². The smallest absolute Gasteiger partial charge is 0.0714 e. The molecule has 10 aromatic rings. The van der Waals surface area contributed by atoms with E-state index >= 15 is 0 Å². The van der Waals surface area contributed by atoms with Gasteiger partial charge in [-0.15, -0.1) is 0 Å². The van der Waals surface area contributed by atoms with Crippen molar-refractivity contribution in [2.45, 2.75) is 96.3 Å². The predicted molar refractivity (Wildman–Crippen MR) is 322 cm³/mol. The molecule has 0 bridgehead atoms. The highest BCUT2D eigenvalue weighted by atomic mass is 15.1. The molecule has 3 aliphatic carbocycles. The second-order valence-corrected chi connectivity index (χ2v) is 24.9. The van der Waals surface area contributed by atoms with Crippen molar-refractivity contribution in [2.75, 3.05) is 4.90 Å². The van der Waals surface area contributed by atoms with Crippen molar-refractivity contribution < 1.29 is 0 Å². The van der Waals surface area contributed by atoms with Crippen LogP contribution in [0.1, 0.15) is 125 Å². The van der Waals surface area contributed by atoms with Gasteiger partial charge in [0.05, 0.1) is 16.8 Å². The van der Waals surface area contributed by atoms with E-state index in [1.165, 1.54) is 111 Å². The zero-order valence-electron chi connectivity index (χ0n) is 45.8.